The van der Waals surface area contributed by atoms with E-state index in [1.807, 2.05) is 0 Å². The number of ether oxygens (including phenoxy) is 4. The lowest BCUT2D eigenvalue weighted by Crippen LogP contribution is -2.27. The predicted octanol–water partition coefficient (Wildman–Crippen LogP) is 3.46. The molecule has 5 rings (SSSR count). The fourth-order valence-corrected chi connectivity index (χ4v) is 4.37. The minimum atomic E-state index is -0.535. The molecule has 3 heterocycles. The number of fused-ring (bicyclic) bond motifs is 2. The van der Waals surface area contributed by atoms with Crippen LogP contribution < -0.4 is 23.8 Å². The summed E-state index contributed by atoms with van der Waals surface area (Å²) in [4.78, 5) is 25.5. The Morgan fingerprint density at radius 2 is 1.69 bits per heavy atom. The standard InChI is InChI=1S/C18H10N2O7S2/c21-17-16(4-9-3-13-15(27-8-25-13)6-11(9)20(22)23)29-18(28)19(17)10-1-2-12-14(5-10)26-7-24-12/h1-6H,7-8H2/b16-4-. The highest BCUT2D eigenvalue weighted by molar-refractivity contribution is 8.27. The summed E-state index contributed by atoms with van der Waals surface area (Å²) in [6.07, 6.45) is 1.44. The zero-order valence-corrected chi connectivity index (χ0v) is 16.1. The second-order valence-corrected chi connectivity index (χ2v) is 7.75. The Kier molecular flexibility index (Phi) is 4.07. The molecule has 0 spiro atoms. The van der Waals surface area contributed by atoms with Crippen molar-refractivity contribution in [2.45, 2.75) is 0 Å². The Morgan fingerprint density at radius 3 is 2.41 bits per heavy atom. The van der Waals surface area contributed by atoms with Crippen molar-refractivity contribution in [2.75, 3.05) is 18.5 Å². The Labute approximate surface area is 172 Å². The number of nitro benzene ring substituents is 1. The van der Waals surface area contributed by atoms with Crippen molar-refractivity contribution in [1.82, 2.24) is 0 Å². The Balaban J connectivity index is 1.52. The molecule has 0 bridgehead atoms. The summed E-state index contributed by atoms with van der Waals surface area (Å²) in [6, 6.07) is 7.83. The molecule has 0 saturated carbocycles. The zero-order chi connectivity index (χ0) is 20.1. The summed E-state index contributed by atoms with van der Waals surface area (Å²) < 4.78 is 21.4. The first-order valence-electron chi connectivity index (χ1n) is 8.27. The van der Waals surface area contributed by atoms with Crippen molar-refractivity contribution in [3.63, 3.8) is 0 Å². The van der Waals surface area contributed by atoms with E-state index in [1.165, 1.54) is 23.1 Å². The smallest absolute Gasteiger partial charge is 0.280 e. The molecular weight excluding hydrogens is 420 g/mol. The van der Waals surface area contributed by atoms with Gasteiger partial charge in [-0.1, -0.05) is 24.0 Å². The number of hydrogen-bond acceptors (Lipinski definition) is 9. The van der Waals surface area contributed by atoms with Gasteiger partial charge in [-0.05, 0) is 24.3 Å². The van der Waals surface area contributed by atoms with Gasteiger partial charge in [-0.3, -0.25) is 19.8 Å². The van der Waals surface area contributed by atoms with Crippen molar-refractivity contribution < 1.29 is 28.7 Å². The van der Waals surface area contributed by atoms with Gasteiger partial charge in [0, 0.05) is 6.07 Å². The normalized spacial score (nSPS) is 18.1. The number of thioether (sulfide) groups is 1. The molecule has 146 valence electrons. The highest BCUT2D eigenvalue weighted by atomic mass is 32.2. The van der Waals surface area contributed by atoms with Gasteiger partial charge in [-0.25, -0.2) is 0 Å². The Morgan fingerprint density at radius 1 is 1.03 bits per heavy atom. The van der Waals surface area contributed by atoms with Crippen LogP contribution in [0.3, 0.4) is 0 Å². The van der Waals surface area contributed by atoms with Crippen LogP contribution in [0.25, 0.3) is 6.08 Å². The largest absolute Gasteiger partial charge is 0.454 e. The van der Waals surface area contributed by atoms with Crippen LogP contribution in [-0.4, -0.2) is 28.7 Å². The van der Waals surface area contributed by atoms with Gasteiger partial charge in [0.25, 0.3) is 11.6 Å². The van der Waals surface area contributed by atoms with E-state index in [9.17, 15) is 14.9 Å². The SMILES string of the molecule is O=C1/C(=C/c2cc3c(cc2[N+](=O)[O-])OCO3)SC(=S)N1c1ccc2c(c1)OCO2. The molecule has 1 amide bonds. The number of thiocarbonyl (C=S) groups is 1. The van der Waals surface area contributed by atoms with Gasteiger partial charge in [0.1, 0.15) is 0 Å². The van der Waals surface area contributed by atoms with Gasteiger partial charge in [0.2, 0.25) is 13.6 Å². The van der Waals surface area contributed by atoms with Crippen molar-refractivity contribution in [3.05, 3.63) is 50.9 Å². The second kappa shape index (κ2) is 6.64. The summed E-state index contributed by atoms with van der Waals surface area (Å²) >= 11 is 6.42. The molecule has 0 aliphatic carbocycles. The number of nitro groups is 1. The maximum atomic E-state index is 13.0. The lowest BCUT2D eigenvalue weighted by Gasteiger charge is -2.14. The monoisotopic (exact) mass is 430 g/mol. The van der Waals surface area contributed by atoms with E-state index < -0.39 is 4.92 Å². The van der Waals surface area contributed by atoms with Crippen LogP contribution in [0.4, 0.5) is 11.4 Å². The molecule has 0 radical (unpaired) electrons. The van der Waals surface area contributed by atoms with E-state index in [1.54, 1.807) is 18.2 Å². The lowest BCUT2D eigenvalue weighted by molar-refractivity contribution is -0.385. The van der Waals surface area contributed by atoms with Gasteiger partial charge < -0.3 is 18.9 Å². The van der Waals surface area contributed by atoms with Gasteiger partial charge in [0.15, 0.2) is 27.3 Å². The topological polar surface area (TPSA) is 100 Å². The molecule has 3 aliphatic heterocycles. The summed E-state index contributed by atoms with van der Waals surface area (Å²) in [5.41, 5.74) is 0.563. The van der Waals surface area contributed by atoms with Crippen molar-refractivity contribution in [3.8, 4) is 23.0 Å². The Bertz CT molecular complexity index is 1130. The van der Waals surface area contributed by atoms with Gasteiger partial charge in [-0.15, -0.1) is 0 Å². The molecule has 2 aromatic carbocycles. The third kappa shape index (κ3) is 2.95. The van der Waals surface area contributed by atoms with E-state index in [2.05, 4.69) is 0 Å². The number of amides is 1. The molecule has 29 heavy (non-hydrogen) atoms. The summed E-state index contributed by atoms with van der Waals surface area (Å²) in [7, 11) is 0. The molecule has 11 heteroatoms. The quantitative estimate of drug-likeness (QED) is 0.314. The average molecular weight is 430 g/mol. The lowest BCUT2D eigenvalue weighted by atomic mass is 10.1. The van der Waals surface area contributed by atoms with E-state index in [-0.39, 0.29) is 35.6 Å². The van der Waals surface area contributed by atoms with Crippen molar-refractivity contribution in [1.29, 1.82) is 0 Å². The van der Waals surface area contributed by atoms with Crippen LogP contribution in [0, 0.1) is 10.1 Å². The van der Waals surface area contributed by atoms with Crippen LogP contribution in [-0.2, 0) is 4.79 Å². The van der Waals surface area contributed by atoms with Gasteiger partial charge in [-0.2, -0.15) is 0 Å². The maximum Gasteiger partial charge on any atom is 0.280 e. The van der Waals surface area contributed by atoms with Crippen LogP contribution >= 0.6 is 24.0 Å². The van der Waals surface area contributed by atoms with Crippen molar-refractivity contribution >= 4 is 51.7 Å². The molecule has 1 fully saturated rings. The minimum Gasteiger partial charge on any atom is -0.454 e. The number of carbonyl (C=O) groups excluding carboxylic acids is 1. The van der Waals surface area contributed by atoms with Gasteiger partial charge >= 0.3 is 0 Å². The van der Waals surface area contributed by atoms with Crippen LogP contribution in [0.15, 0.2) is 35.2 Å². The third-order valence-electron chi connectivity index (χ3n) is 4.41. The van der Waals surface area contributed by atoms with E-state index >= 15 is 0 Å². The summed E-state index contributed by atoms with van der Waals surface area (Å²) in [6.45, 7) is 0.104. The molecule has 0 aromatic heterocycles. The third-order valence-corrected chi connectivity index (χ3v) is 5.72. The molecule has 2 aromatic rings. The predicted molar refractivity (Wildman–Crippen MR) is 107 cm³/mol. The number of nitrogens with zero attached hydrogens (tertiary/aromatic N) is 2. The van der Waals surface area contributed by atoms with Crippen LogP contribution in [0.2, 0.25) is 0 Å². The maximum absolute atomic E-state index is 13.0. The summed E-state index contributed by atoms with van der Waals surface area (Å²) in [5.74, 6) is 1.40. The van der Waals surface area contributed by atoms with Crippen LogP contribution in [0.5, 0.6) is 23.0 Å². The number of hydrogen-bond donors (Lipinski definition) is 0. The van der Waals surface area contributed by atoms with E-state index in [0.717, 1.165) is 11.8 Å². The van der Waals surface area contributed by atoms with E-state index in [4.69, 9.17) is 31.2 Å². The molecule has 9 nitrogen and oxygen atoms in total. The molecule has 0 N–H and O–H groups in total. The number of carbonyl (C=O) groups is 1. The zero-order valence-electron chi connectivity index (χ0n) is 14.4. The van der Waals surface area contributed by atoms with E-state index in [0.29, 0.717) is 33.0 Å². The second-order valence-electron chi connectivity index (χ2n) is 6.08. The highest BCUT2D eigenvalue weighted by Gasteiger charge is 2.35. The molecular formula is C18H10N2O7S2. The summed E-state index contributed by atoms with van der Waals surface area (Å²) in [5, 5.41) is 11.5. The molecule has 0 atom stereocenters. The molecule has 0 unspecified atom stereocenters. The minimum absolute atomic E-state index is 0.0117. The fraction of sp³-hybridized carbons (Fsp3) is 0.111. The molecule has 1 saturated heterocycles. The first kappa shape index (κ1) is 17.8. The number of anilines is 1. The average Bonchev–Trinajstić information content (AvgIpc) is 3.40. The first-order chi connectivity index (χ1) is 14.0. The molecule has 3 aliphatic rings. The highest BCUT2D eigenvalue weighted by Crippen LogP contribution is 2.43. The first-order valence-corrected chi connectivity index (χ1v) is 9.49. The fourth-order valence-electron chi connectivity index (χ4n) is 3.08. The van der Waals surface area contributed by atoms with Crippen molar-refractivity contribution in [2.24, 2.45) is 0 Å². The number of benzene rings is 2. The Hall–Kier alpha value is -3.31. The number of rotatable bonds is 3. The van der Waals surface area contributed by atoms with Crippen LogP contribution in [0.1, 0.15) is 5.56 Å². The van der Waals surface area contributed by atoms with Gasteiger partial charge in [0.05, 0.1) is 27.1 Å².